The smallest absolute Gasteiger partial charge is 0.326 e. The number of fused-ring (bicyclic) bond motifs is 1. The van der Waals surface area contributed by atoms with Crippen molar-refractivity contribution in [2.45, 2.75) is 24.9 Å². The highest BCUT2D eigenvalue weighted by Gasteiger charge is 2.22. The van der Waals surface area contributed by atoms with Gasteiger partial charge in [-0.25, -0.2) is 4.79 Å². The molecule has 2 aromatic rings. The van der Waals surface area contributed by atoms with Crippen LogP contribution in [-0.2, 0) is 14.4 Å². The molecule has 14 heteroatoms. The van der Waals surface area contributed by atoms with Gasteiger partial charge in [-0.2, -0.15) is 4.98 Å². The zero-order valence-corrected chi connectivity index (χ0v) is 17.7. The molecule has 2 amide bonds. The number of amides is 2. The average molecular weight is 471 g/mol. The van der Waals surface area contributed by atoms with Crippen LogP contribution in [0, 0.1) is 0 Å². The summed E-state index contributed by atoms with van der Waals surface area (Å²) < 4.78 is 0. The lowest BCUT2D eigenvalue weighted by atomic mass is 10.1. The zero-order chi connectivity index (χ0) is 24.8. The molecule has 1 unspecified atom stereocenters. The van der Waals surface area contributed by atoms with Gasteiger partial charge in [-0.1, -0.05) is 0 Å². The Kier molecular flexibility index (Phi) is 7.30. The van der Waals surface area contributed by atoms with E-state index in [2.05, 4.69) is 25.3 Å². The van der Waals surface area contributed by atoms with Crippen LogP contribution >= 0.6 is 0 Å². The Labute approximate surface area is 190 Å². The van der Waals surface area contributed by atoms with Crippen molar-refractivity contribution >= 4 is 35.9 Å². The number of nitrogens with zero attached hydrogens (tertiary/aromatic N) is 4. The first-order valence-corrected chi connectivity index (χ1v) is 10.0. The lowest BCUT2D eigenvalue weighted by Crippen LogP contribution is -2.49. The van der Waals surface area contributed by atoms with Gasteiger partial charge in [-0.3, -0.25) is 34.1 Å². The quantitative estimate of drug-likeness (QED) is 0.234. The predicted molar refractivity (Wildman–Crippen MR) is 116 cm³/mol. The van der Waals surface area contributed by atoms with Crippen LogP contribution in [-0.4, -0.2) is 69.6 Å². The average Bonchev–Trinajstić information content (AvgIpc) is 2.80. The monoisotopic (exact) mass is 471 g/mol. The van der Waals surface area contributed by atoms with E-state index >= 15 is 0 Å². The second-order valence-electron chi connectivity index (χ2n) is 7.35. The molecule has 0 aliphatic carbocycles. The topological polar surface area (TPSA) is 220 Å². The number of carboxylic acid groups (broad SMARTS) is 2. The first-order chi connectivity index (χ1) is 16.2. The summed E-state index contributed by atoms with van der Waals surface area (Å²) in [6.07, 6.45) is -0.113. The number of aliphatic carboxylic acids is 2. The van der Waals surface area contributed by atoms with E-state index in [9.17, 15) is 29.1 Å². The molecule has 0 saturated carbocycles. The molecule has 178 valence electrons. The van der Waals surface area contributed by atoms with Gasteiger partial charge < -0.3 is 26.2 Å². The number of benzene rings is 1. The third kappa shape index (κ3) is 5.79. The van der Waals surface area contributed by atoms with Crippen molar-refractivity contribution in [2.24, 2.45) is 9.98 Å². The second-order valence-corrected chi connectivity index (χ2v) is 7.35. The maximum absolute atomic E-state index is 12.4. The zero-order valence-electron chi connectivity index (χ0n) is 17.7. The van der Waals surface area contributed by atoms with E-state index < -0.39 is 41.9 Å². The van der Waals surface area contributed by atoms with Crippen molar-refractivity contribution in [1.82, 2.24) is 15.3 Å². The van der Waals surface area contributed by atoms with Gasteiger partial charge in [0.2, 0.25) is 12.4 Å². The molecule has 0 saturated heterocycles. The summed E-state index contributed by atoms with van der Waals surface area (Å²) in [7, 11) is 0. The van der Waals surface area contributed by atoms with Crippen LogP contribution in [0.5, 0.6) is 0 Å². The standard InChI is InChI=1S/C20H21N7O7/c21-20-25-16-15(18(32)26-20)23-11(7-22-16)8-27(9-28)12-3-1-10(2-4-12)17(31)24-13(19(33)34)5-6-14(29)30/h1-4,9,11,13H,5-8H2,(H,24,31)(H,29,30)(H,33,34)(H3,21,22,25,26,32)/t11?,13-/m0/s1. The number of nitrogens with two attached hydrogens (primary N) is 1. The summed E-state index contributed by atoms with van der Waals surface area (Å²) in [5.41, 5.74) is 5.64. The van der Waals surface area contributed by atoms with Crippen LogP contribution in [0.1, 0.15) is 23.2 Å². The molecule has 34 heavy (non-hydrogen) atoms. The highest BCUT2D eigenvalue weighted by Crippen LogP contribution is 2.16. The minimum Gasteiger partial charge on any atom is -0.481 e. The van der Waals surface area contributed by atoms with Crippen molar-refractivity contribution < 1.29 is 29.4 Å². The Bertz CT molecular complexity index is 1290. The van der Waals surface area contributed by atoms with Gasteiger partial charge in [0.15, 0.2) is 10.8 Å². The van der Waals surface area contributed by atoms with Crippen molar-refractivity contribution in [3.05, 3.63) is 51.0 Å². The van der Waals surface area contributed by atoms with Gasteiger partial charge in [0.1, 0.15) is 6.04 Å². The maximum Gasteiger partial charge on any atom is 0.326 e. The molecule has 14 nitrogen and oxygen atoms in total. The minimum atomic E-state index is -1.36. The Morgan fingerprint density at radius 1 is 1.26 bits per heavy atom. The molecule has 1 aromatic carbocycles. The number of carbonyl (C=O) groups is 4. The minimum absolute atomic E-state index is 0.0270. The lowest BCUT2D eigenvalue weighted by molar-refractivity contribution is -0.140. The van der Waals surface area contributed by atoms with Gasteiger partial charge in [0.25, 0.3) is 11.5 Å². The number of nitrogens with one attached hydrogen (secondary N) is 2. The van der Waals surface area contributed by atoms with Crippen LogP contribution in [0.25, 0.3) is 0 Å². The van der Waals surface area contributed by atoms with Gasteiger partial charge >= 0.3 is 11.9 Å². The fourth-order valence-corrected chi connectivity index (χ4v) is 3.22. The molecule has 1 aliphatic rings. The molecule has 0 bridgehead atoms. The summed E-state index contributed by atoms with van der Waals surface area (Å²) in [5.74, 6) is -3.30. The first kappa shape index (κ1) is 24.0. The molecule has 0 radical (unpaired) electrons. The Morgan fingerprint density at radius 3 is 2.59 bits per heavy atom. The largest absolute Gasteiger partial charge is 0.481 e. The van der Waals surface area contributed by atoms with Crippen LogP contribution < -0.4 is 32.4 Å². The maximum atomic E-state index is 12.4. The number of aromatic nitrogens is 2. The summed E-state index contributed by atoms with van der Waals surface area (Å²) in [5, 5.41) is 20.2. The van der Waals surface area contributed by atoms with Gasteiger partial charge in [0, 0.05) is 24.2 Å². The van der Waals surface area contributed by atoms with Gasteiger partial charge in [0.05, 0.1) is 12.6 Å². The molecule has 6 N–H and O–H groups in total. The Balaban J connectivity index is 1.70. The van der Waals surface area contributed by atoms with E-state index in [1.54, 1.807) is 0 Å². The summed E-state index contributed by atoms with van der Waals surface area (Å²) in [6, 6.07) is 3.89. The lowest BCUT2D eigenvalue weighted by Gasteiger charge is -2.22. The van der Waals surface area contributed by atoms with E-state index in [0.717, 1.165) is 0 Å². The number of hydrogen-bond acceptors (Lipinski definition) is 9. The molecule has 2 atom stereocenters. The number of nitrogen functional groups attached to an aromatic ring is 1. The molecule has 1 aromatic heterocycles. The van der Waals surface area contributed by atoms with Crippen molar-refractivity contribution in [2.75, 3.05) is 23.7 Å². The number of H-pyrrole nitrogens is 1. The molecular weight excluding hydrogens is 450 g/mol. The second kappa shape index (κ2) is 10.3. The normalized spacial score (nSPS) is 15.1. The van der Waals surface area contributed by atoms with Gasteiger partial charge in [-0.05, 0) is 30.7 Å². The predicted octanol–water partition coefficient (Wildman–Crippen LogP) is -2.32. The SMILES string of the molecule is Nc1nc2c(c(=O)[nH]1)=NC(CN(C=O)c1ccc(C(=O)N[C@@H](CCC(=O)O)C(=O)O)cc1)CN=2. The number of anilines is 2. The molecule has 2 heterocycles. The van der Waals surface area contributed by atoms with E-state index in [0.29, 0.717) is 12.1 Å². The van der Waals surface area contributed by atoms with Crippen LogP contribution in [0.2, 0.25) is 0 Å². The number of carbonyl (C=O) groups excluding carboxylic acids is 2. The number of aromatic amines is 1. The van der Waals surface area contributed by atoms with Crippen LogP contribution in [0.4, 0.5) is 11.6 Å². The molecule has 0 fully saturated rings. The fraction of sp³-hybridized carbons (Fsp3) is 0.300. The van der Waals surface area contributed by atoms with Crippen molar-refractivity contribution in [3.8, 4) is 0 Å². The number of carboxylic acids is 2. The van der Waals surface area contributed by atoms with E-state index in [1.165, 1.54) is 29.2 Å². The Morgan fingerprint density at radius 2 is 1.97 bits per heavy atom. The third-order valence-corrected chi connectivity index (χ3v) is 4.90. The summed E-state index contributed by atoms with van der Waals surface area (Å²) in [6.45, 7) is 0.277. The van der Waals surface area contributed by atoms with E-state index in [4.69, 9.17) is 10.8 Å². The highest BCUT2D eigenvalue weighted by molar-refractivity contribution is 5.97. The highest BCUT2D eigenvalue weighted by atomic mass is 16.4. The molecular formula is C20H21N7O7. The van der Waals surface area contributed by atoms with E-state index in [1.807, 2.05) is 0 Å². The fourth-order valence-electron chi connectivity index (χ4n) is 3.22. The molecule has 1 aliphatic heterocycles. The van der Waals surface area contributed by atoms with E-state index in [-0.39, 0.29) is 41.9 Å². The summed E-state index contributed by atoms with van der Waals surface area (Å²) in [4.78, 5) is 74.1. The Hall–Kier alpha value is -4.62. The van der Waals surface area contributed by atoms with Crippen molar-refractivity contribution in [1.29, 1.82) is 0 Å². The number of hydrogen-bond donors (Lipinski definition) is 5. The van der Waals surface area contributed by atoms with Gasteiger partial charge in [-0.15, -0.1) is 0 Å². The molecule has 0 spiro atoms. The third-order valence-electron chi connectivity index (χ3n) is 4.90. The summed E-state index contributed by atoms with van der Waals surface area (Å²) >= 11 is 0. The van der Waals surface area contributed by atoms with Crippen LogP contribution in [0.15, 0.2) is 39.0 Å². The number of rotatable bonds is 10. The van der Waals surface area contributed by atoms with Crippen molar-refractivity contribution in [3.63, 3.8) is 0 Å². The first-order valence-electron chi connectivity index (χ1n) is 10.0. The molecule has 3 rings (SSSR count). The van der Waals surface area contributed by atoms with Crippen LogP contribution in [0.3, 0.4) is 0 Å².